The van der Waals surface area contributed by atoms with E-state index in [4.69, 9.17) is 11.6 Å². The number of carbonyl (C=O) groups is 1. The van der Waals surface area contributed by atoms with Gasteiger partial charge in [0.15, 0.2) is 9.84 Å². The summed E-state index contributed by atoms with van der Waals surface area (Å²) in [6.07, 6.45) is 0.372. The number of carbonyl (C=O) groups excluding carboxylic acids is 1. The zero-order valence-electron chi connectivity index (χ0n) is 13.6. The molecule has 1 N–H and O–H groups in total. The van der Waals surface area contributed by atoms with Gasteiger partial charge in [-0.05, 0) is 44.5 Å². The number of aryl methyl sites for hydroxylation is 2. The molecule has 0 aliphatic carbocycles. The molecule has 2 rings (SSSR count). The van der Waals surface area contributed by atoms with Crippen LogP contribution in [0.1, 0.15) is 25.5 Å². The van der Waals surface area contributed by atoms with Crippen LogP contribution < -0.4 is 5.32 Å². The van der Waals surface area contributed by atoms with E-state index in [-0.39, 0.29) is 29.4 Å². The van der Waals surface area contributed by atoms with E-state index in [1.807, 2.05) is 13.8 Å². The standard InChI is InChI=1S/C16H20ClN3O3S/c1-3-20-15(11-12(2)19-20)18-16(21)5-4-10-24(22,23)14-8-6-13(17)7-9-14/h6-9,11H,3-5,10H2,1-2H3,(H,18,21). The molecule has 0 radical (unpaired) electrons. The Kier molecular flexibility index (Phi) is 6.01. The summed E-state index contributed by atoms with van der Waals surface area (Å²) < 4.78 is 26.1. The Hall–Kier alpha value is -1.86. The molecule has 0 spiro atoms. The minimum absolute atomic E-state index is 0.0892. The average Bonchev–Trinajstić information content (AvgIpc) is 2.87. The Bertz CT molecular complexity index is 814. The molecule has 1 aromatic heterocycles. The van der Waals surface area contributed by atoms with E-state index in [1.165, 1.54) is 24.3 Å². The van der Waals surface area contributed by atoms with Gasteiger partial charge in [0.05, 0.1) is 16.3 Å². The predicted molar refractivity (Wildman–Crippen MR) is 94.0 cm³/mol. The normalized spacial score (nSPS) is 11.5. The van der Waals surface area contributed by atoms with Crippen molar-refractivity contribution in [3.05, 3.63) is 41.0 Å². The Balaban J connectivity index is 1.89. The summed E-state index contributed by atoms with van der Waals surface area (Å²) in [5.41, 5.74) is 0.817. The van der Waals surface area contributed by atoms with Gasteiger partial charge in [-0.2, -0.15) is 5.10 Å². The Morgan fingerprint density at radius 1 is 1.29 bits per heavy atom. The SMILES string of the molecule is CCn1nc(C)cc1NC(=O)CCCS(=O)(=O)c1ccc(Cl)cc1. The molecule has 1 amide bonds. The lowest BCUT2D eigenvalue weighted by molar-refractivity contribution is -0.116. The van der Waals surface area contributed by atoms with Crippen molar-refractivity contribution in [2.75, 3.05) is 11.1 Å². The van der Waals surface area contributed by atoms with Gasteiger partial charge >= 0.3 is 0 Å². The first-order valence-electron chi connectivity index (χ1n) is 7.64. The minimum atomic E-state index is -3.41. The number of benzene rings is 1. The van der Waals surface area contributed by atoms with Crippen LogP contribution in [0.5, 0.6) is 0 Å². The third kappa shape index (κ3) is 4.82. The molecular weight excluding hydrogens is 350 g/mol. The van der Waals surface area contributed by atoms with Crippen molar-refractivity contribution in [2.45, 2.75) is 38.1 Å². The molecular formula is C16H20ClN3O3S. The molecule has 24 heavy (non-hydrogen) atoms. The fourth-order valence-electron chi connectivity index (χ4n) is 2.28. The lowest BCUT2D eigenvalue weighted by atomic mass is 10.3. The first-order valence-corrected chi connectivity index (χ1v) is 9.67. The van der Waals surface area contributed by atoms with Crippen LogP contribution in [0.15, 0.2) is 35.2 Å². The zero-order chi connectivity index (χ0) is 17.7. The fraction of sp³-hybridized carbons (Fsp3) is 0.375. The van der Waals surface area contributed by atoms with Crippen LogP contribution in [0.2, 0.25) is 5.02 Å². The number of nitrogens with one attached hydrogen (secondary N) is 1. The molecule has 0 fully saturated rings. The second kappa shape index (κ2) is 7.81. The third-order valence-corrected chi connectivity index (χ3v) is 5.53. The van der Waals surface area contributed by atoms with E-state index in [9.17, 15) is 13.2 Å². The van der Waals surface area contributed by atoms with E-state index in [0.717, 1.165) is 5.69 Å². The largest absolute Gasteiger partial charge is 0.311 e. The first-order chi connectivity index (χ1) is 11.3. The van der Waals surface area contributed by atoms with Gasteiger partial charge in [-0.15, -0.1) is 0 Å². The van der Waals surface area contributed by atoms with Crippen molar-refractivity contribution < 1.29 is 13.2 Å². The topological polar surface area (TPSA) is 81.1 Å². The van der Waals surface area contributed by atoms with Crippen LogP contribution in [0.3, 0.4) is 0 Å². The molecule has 0 saturated carbocycles. The van der Waals surface area contributed by atoms with Crippen LogP contribution in [-0.2, 0) is 21.2 Å². The number of hydrogen-bond acceptors (Lipinski definition) is 4. The van der Waals surface area contributed by atoms with E-state index >= 15 is 0 Å². The van der Waals surface area contributed by atoms with Gasteiger partial charge < -0.3 is 5.32 Å². The zero-order valence-corrected chi connectivity index (χ0v) is 15.2. The van der Waals surface area contributed by atoms with Crippen LogP contribution >= 0.6 is 11.6 Å². The predicted octanol–water partition coefficient (Wildman–Crippen LogP) is 3.06. The van der Waals surface area contributed by atoms with Gasteiger partial charge in [0.2, 0.25) is 5.91 Å². The van der Waals surface area contributed by atoms with Gasteiger partial charge in [-0.25, -0.2) is 13.1 Å². The van der Waals surface area contributed by atoms with Crippen molar-refractivity contribution in [1.82, 2.24) is 9.78 Å². The highest BCUT2D eigenvalue weighted by Crippen LogP contribution is 2.17. The summed E-state index contributed by atoms with van der Waals surface area (Å²) in [6.45, 7) is 4.43. The van der Waals surface area contributed by atoms with E-state index < -0.39 is 9.84 Å². The molecule has 0 unspecified atom stereocenters. The number of nitrogens with zero attached hydrogens (tertiary/aromatic N) is 2. The van der Waals surface area contributed by atoms with E-state index in [2.05, 4.69) is 10.4 Å². The molecule has 0 aliphatic heterocycles. The van der Waals surface area contributed by atoms with Crippen molar-refractivity contribution >= 4 is 33.2 Å². The maximum Gasteiger partial charge on any atom is 0.225 e. The molecule has 130 valence electrons. The number of amides is 1. The van der Waals surface area contributed by atoms with Crippen molar-refractivity contribution in [2.24, 2.45) is 0 Å². The number of sulfone groups is 1. The summed E-state index contributed by atoms with van der Waals surface area (Å²) in [5.74, 6) is 0.310. The average molecular weight is 370 g/mol. The highest BCUT2D eigenvalue weighted by molar-refractivity contribution is 7.91. The minimum Gasteiger partial charge on any atom is -0.311 e. The molecule has 2 aromatic rings. The number of anilines is 1. The quantitative estimate of drug-likeness (QED) is 0.813. The van der Waals surface area contributed by atoms with Crippen molar-refractivity contribution in [1.29, 1.82) is 0 Å². The summed E-state index contributed by atoms with van der Waals surface area (Å²) in [6, 6.07) is 7.80. The number of hydrogen-bond donors (Lipinski definition) is 1. The lowest BCUT2D eigenvalue weighted by Crippen LogP contribution is -2.16. The molecule has 8 heteroatoms. The monoisotopic (exact) mass is 369 g/mol. The van der Waals surface area contributed by atoms with Crippen LogP contribution in [0.25, 0.3) is 0 Å². The van der Waals surface area contributed by atoms with Gasteiger partial charge in [0.1, 0.15) is 5.82 Å². The maximum atomic E-state index is 12.2. The Labute approximate surface area is 146 Å². The van der Waals surface area contributed by atoms with Gasteiger partial charge in [-0.3, -0.25) is 4.79 Å². The van der Waals surface area contributed by atoms with Crippen LogP contribution in [-0.4, -0.2) is 29.9 Å². The Morgan fingerprint density at radius 3 is 2.58 bits per heavy atom. The van der Waals surface area contributed by atoms with E-state index in [1.54, 1.807) is 10.7 Å². The smallest absolute Gasteiger partial charge is 0.225 e. The molecule has 1 heterocycles. The third-order valence-electron chi connectivity index (χ3n) is 3.46. The van der Waals surface area contributed by atoms with Gasteiger partial charge in [0.25, 0.3) is 0 Å². The fourth-order valence-corrected chi connectivity index (χ4v) is 3.71. The van der Waals surface area contributed by atoms with Crippen molar-refractivity contribution in [3.63, 3.8) is 0 Å². The molecule has 0 aliphatic rings. The molecule has 6 nitrogen and oxygen atoms in total. The molecule has 0 bridgehead atoms. The van der Waals surface area contributed by atoms with Crippen LogP contribution in [0.4, 0.5) is 5.82 Å². The molecule has 0 saturated heterocycles. The van der Waals surface area contributed by atoms with Gasteiger partial charge in [-0.1, -0.05) is 11.6 Å². The Morgan fingerprint density at radius 2 is 1.96 bits per heavy atom. The van der Waals surface area contributed by atoms with Gasteiger partial charge in [0, 0.05) is 24.1 Å². The first kappa shape index (κ1) is 18.5. The highest BCUT2D eigenvalue weighted by atomic mass is 35.5. The second-order valence-electron chi connectivity index (χ2n) is 5.41. The maximum absolute atomic E-state index is 12.2. The summed E-state index contributed by atoms with van der Waals surface area (Å²) >= 11 is 5.76. The second-order valence-corrected chi connectivity index (χ2v) is 7.96. The summed E-state index contributed by atoms with van der Waals surface area (Å²) in [7, 11) is -3.41. The summed E-state index contributed by atoms with van der Waals surface area (Å²) in [5, 5.41) is 7.49. The van der Waals surface area contributed by atoms with E-state index in [0.29, 0.717) is 17.4 Å². The molecule has 1 aromatic carbocycles. The number of halogens is 1. The summed E-state index contributed by atoms with van der Waals surface area (Å²) in [4.78, 5) is 12.2. The number of aromatic nitrogens is 2. The van der Waals surface area contributed by atoms with Crippen molar-refractivity contribution in [3.8, 4) is 0 Å². The molecule has 0 atom stereocenters. The van der Waals surface area contributed by atoms with Crippen LogP contribution in [0, 0.1) is 6.92 Å². The number of rotatable bonds is 7. The highest BCUT2D eigenvalue weighted by Gasteiger charge is 2.15. The lowest BCUT2D eigenvalue weighted by Gasteiger charge is -2.07.